The molecule has 2 aromatic heterocycles. The van der Waals surface area contributed by atoms with Crippen molar-refractivity contribution in [3.63, 3.8) is 0 Å². The van der Waals surface area contributed by atoms with Crippen LogP contribution in [0, 0.1) is 17.2 Å². The minimum absolute atomic E-state index is 0.0168. The predicted octanol–water partition coefficient (Wildman–Crippen LogP) is 0.871. The number of nitrogens with one attached hydrogen (secondary N) is 4. The topological polar surface area (TPSA) is 232 Å². The van der Waals surface area contributed by atoms with Crippen molar-refractivity contribution < 1.29 is 34.4 Å². The van der Waals surface area contributed by atoms with Gasteiger partial charge in [-0.25, -0.2) is 4.98 Å². The van der Waals surface area contributed by atoms with Crippen LogP contribution in [-0.4, -0.2) is 61.4 Å². The number of carbonyl (C=O) groups excluding carboxylic acids is 3. The molecule has 1 saturated carbocycles. The Morgan fingerprint density at radius 2 is 1.95 bits per heavy atom. The van der Waals surface area contributed by atoms with Crippen LogP contribution >= 0.6 is 11.3 Å². The highest BCUT2D eigenvalue weighted by atomic mass is 32.1. The van der Waals surface area contributed by atoms with E-state index >= 15 is 0 Å². The Hall–Kier alpha value is -4.69. The molecule has 2 heterocycles. The third-order valence-corrected chi connectivity index (χ3v) is 6.16. The number of anilines is 4. The number of aliphatic hydroxyl groups is 3. The average molecular weight is 555 g/mol. The number of methoxy groups -OCH3 is 1. The lowest BCUT2D eigenvalue weighted by molar-refractivity contribution is -0.323. The fourth-order valence-electron chi connectivity index (χ4n) is 3.38. The molecule has 39 heavy (non-hydrogen) atoms. The smallest absolute Gasteiger partial charge is 0.369 e. The molecule has 0 bridgehead atoms. The molecule has 3 amide bonds. The van der Waals surface area contributed by atoms with Gasteiger partial charge in [-0.15, -0.1) is 10.2 Å². The van der Waals surface area contributed by atoms with Crippen molar-refractivity contribution in [1.29, 1.82) is 5.26 Å². The summed E-state index contributed by atoms with van der Waals surface area (Å²) in [5.74, 6) is -1.74. The first-order chi connectivity index (χ1) is 18.6. The summed E-state index contributed by atoms with van der Waals surface area (Å²) in [7, 11) is 1.41. The Morgan fingerprint density at radius 1 is 1.18 bits per heavy atom. The molecule has 202 valence electrons. The lowest BCUT2D eigenvalue weighted by Gasteiger charge is -2.18. The number of hydrogen-bond donors (Lipinski definition) is 7. The zero-order chi connectivity index (χ0) is 28.2. The minimum Gasteiger partial charge on any atom is -0.494 e. The van der Waals surface area contributed by atoms with Gasteiger partial charge in [0.15, 0.2) is 17.3 Å². The van der Waals surface area contributed by atoms with Crippen LogP contribution in [-0.2, 0) is 9.59 Å². The maximum absolute atomic E-state index is 12.6. The third kappa shape index (κ3) is 7.00. The second kappa shape index (κ2) is 11.4. The maximum atomic E-state index is 12.6. The maximum Gasteiger partial charge on any atom is 0.369 e. The molecule has 0 spiro atoms. The number of para-hydroxylation sites is 1. The number of carbonyl (C=O) groups is 3. The van der Waals surface area contributed by atoms with Crippen LogP contribution in [0.3, 0.4) is 0 Å². The van der Waals surface area contributed by atoms with Crippen LogP contribution in [0.15, 0.2) is 30.5 Å². The number of benzene rings is 1. The van der Waals surface area contributed by atoms with Crippen LogP contribution < -0.4 is 26.0 Å². The molecule has 15 nitrogen and oxygen atoms in total. The van der Waals surface area contributed by atoms with Crippen LogP contribution in [0.2, 0.25) is 0 Å². The third-order valence-electron chi connectivity index (χ3n) is 5.22. The lowest BCUT2D eigenvalue weighted by atomic mass is 10.1. The average Bonchev–Trinajstić information content (AvgIpc) is 3.62. The van der Waals surface area contributed by atoms with E-state index in [4.69, 9.17) is 10.00 Å². The molecule has 1 aliphatic rings. The first-order valence-electron chi connectivity index (χ1n) is 11.3. The Morgan fingerprint density at radius 3 is 2.62 bits per heavy atom. The summed E-state index contributed by atoms with van der Waals surface area (Å²) < 4.78 is 5.59. The highest BCUT2D eigenvalue weighted by Gasteiger charge is 2.31. The van der Waals surface area contributed by atoms with Gasteiger partial charge in [0, 0.05) is 12.0 Å². The Bertz CT molecular complexity index is 1460. The van der Waals surface area contributed by atoms with Gasteiger partial charge in [0.25, 0.3) is 5.91 Å². The standard InChI is InChI=1S/C23H22N8O7S/c1-38-19-12(22-25-10-17(39-22)28-16(32)7-8-24)3-2-4-13(19)26-14-9-15(27-20(33)11-5-6-11)30-31-18(14)21(34)29-23(35,36)37/h2-4,9-11,35-37H,5-7H2,1H3,(H,28,32)(H,29,34)(H2,26,27,30,33). The molecule has 1 aliphatic carbocycles. The van der Waals surface area contributed by atoms with Gasteiger partial charge in [-0.05, 0) is 25.0 Å². The zero-order valence-corrected chi connectivity index (χ0v) is 21.1. The van der Waals surface area contributed by atoms with Crippen molar-refractivity contribution in [2.75, 3.05) is 23.1 Å². The van der Waals surface area contributed by atoms with Gasteiger partial charge in [-0.1, -0.05) is 17.4 Å². The molecule has 1 aromatic carbocycles. The largest absolute Gasteiger partial charge is 0.494 e. The van der Waals surface area contributed by atoms with E-state index in [-0.39, 0.29) is 35.5 Å². The van der Waals surface area contributed by atoms with Crippen LogP contribution in [0.1, 0.15) is 29.8 Å². The van der Waals surface area contributed by atoms with Crippen LogP contribution in [0.25, 0.3) is 10.6 Å². The number of thiazole rings is 1. The molecule has 0 saturated heterocycles. The SMILES string of the molecule is COc1c(Nc2cc(NC(=O)C3CC3)nnc2C(=O)NC(O)(O)O)cccc1-c1ncc(NC(=O)CC#N)s1. The molecule has 3 aromatic rings. The Labute approximate surface area is 224 Å². The van der Waals surface area contributed by atoms with Crippen molar-refractivity contribution in [2.24, 2.45) is 5.92 Å². The molecule has 0 unspecified atom stereocenters. The quantitative estimate of drug-likeness (QED) is 0.173. The summed E-state index contributed by atoms with van der Waals surface area (Å²) in [6.45, 7) is 0. The second-order valence-corrected chi connectivity index (χ2v) is 9.30. The summed E-state index contributed by atoms with van der Waals surface area (Å²) >= 11 is 1.14. The molecule has 0 atom stereocenters. The van der Waals surface area contributed by atoms with Crippen molar-refractivity contribution in [3.05, 3.63) is 36.2 Å². The second-order valence-electron chi connectivity index (χ2n) is 8.27. The van der Waals surface area contributed by atoms with E-state index in [2.05, 4.69) is 31.1 Å². The number of aromatic nitrogens is 3. The number of hydrogen-bond acceptors (Lipinski definition) is 13. The van der Waals surface area contributed by atoms with Gasteiger partial charge in [-0.2, -0.15) is 5.26 Å². The minimum atomic E-state index is -3.52. The summed E-state index contributed by atoms with van der Waals surface area (Å²) in [4.78, 5) is 40.8. The molecule has 16 heteroatoms. The molecule has 0 aliphatic heterocycles. The fraction of sp³-hybridized carbons (Fsp3) is 0.261. The lowest BCUT2D eigenvalue weighted by Crippen LogP contribution is -2.48. The Kier molecular flexibility index (Phi) is 7.97. The summed E-state index contributed by atoms with van der Waals surface area (Å²) in [5.41, 5.74) is 0.385. The van der Waals surface area contributed by atoms with Crippen molar-refractivity contribution in [3.8, 4) is 22.4 Å². The van der Waals surface area contributed by atoms with E-state index in [1.54, 1.807) is 29.6 Å². The first-order valence-corrected chi connectivity index (χ1v) is 12.1. The van der Waals surface area contributed by atoms with Gasteiger partial charge in [-0.3, -0.25) is 19.7 Å². The number of rotatable bonds is 10. The molecular formula is C23H22N8O7S. The Balaban J connectivity index is 1.68. The number of ether oxygens (including phenoxy) is 1. The van der Waals surface area contributed by atoms with Crippen molar-refractivity contribution in [1.82, 2.24) is 20.5 Å². The molecular weight excluding hydrogens is 532 g/mol. The van der Waals surface area contributed by atoms with Crippen molar-refractivity contribution >= 4 is 51.3 Å². The fourth-order valence-corrected chi connectivity index (χ4v) is 4.23. The summed E-state index contributed by atoms with van der Waals surface area (Å²) in [6, 6.07) is 8.07. The van der Waals surface area contributed by atoms with Gasteiger partial charge in [0.1, 0.15) is 16.4 Å². The highest BCUT2D eigenvalue weighted by molar-refractivity contribution is 7.19. The molecule has 4 rings (SSSR count). The van der Waals surface area contributed by atoms with E-state index in [0.29, 0.717) is 21.3 Å². The monoisotopic (exact) mass is 554 g/mol. The first kappa shape index (κ1) is 27.3. The van der Waals surface area contributed by atoms with Crippen LogP contribution in [0.5, 0.6) is 5.75 Å². The number of amides is 3. The van der Waals surface area contributed by atoms with Crippen LogP contribution in [0.4, 0.5) is 22.2 Å². The molecule has 1 fully saturated rings. The van der Waals surface area contributed by atoms with Crippen molar-refractivity contribution in [2.45, 2.75) is 25.4 Å². The van der Waals surface area contributed by atoms with Gasteiger partial charge >= 0.3 is 6.10 Å². The molecule has 7 N–H and O–H groups in total. The highest BCUT2D eigenvalue weighted by Crippen LogP contribution is 2.41. The van der Waals surface area contributed by atoms with E-state index < -0.39 is 23.6 Å². The summed E-state index contributed by atoms with van der Waals surface area (Å²) in [5, 5.41) is 54.4. The van der Waals surface area contributed by atoms with E-state index in [1.807, 2.05) is 0 Å². The number of nitriles is 1. The van der Waals surface area contributed by atoms with E-state index in [1.165, 1.54) is 19.4 Å². The van der Waals surface area contributed by atoms with E-state index in [9.17, 15) is 29.7 Å². The van der Waals surface area contributed by atoms with Gasteiger partial charge < -0.3 is 36.0 Å². The van der Waals surface area contributed by atoms with Gasteiger partial charge in [0.2, 0.25) is 11.8 Å². The zero-order valence-electron chi connectivity index (χ0n) is 20.3. The number of nitrogens with zero attached hydrogens (tertiary/aromatic N) is 4. The molecule has 0 radical (unpaired) electrons. The summed E-state index contributed by atoms with van der Waals surface area (Å²) in [6.07, 6.45) is -0.887. The van der Waals surface area contributed by atoms with E-state index in [0.717, 1.165) is 24.2 Å². The normalized spacial score (nSPS) is 12.7. The predicted molar refractivity (Wildman–Crippen MR) is 136 cm³/mol. The van der Waals surface area contributed by atoms with Gasteiger partial charge in [0.05, 0.1) is 36.3 Å².